The summed E-state index contributed by atoms with van der Waals surface area (Å²) in [6, 6.07) is 0. The monoisotopic (exact) mass is 195 g/mol. The summed E-state index contributed by atoms with van der Waals surface area (Å²) >= 11 is 0. The maximum atomic E-state index is 4.36. The maximum Gasteiger partial charge on any atom is 0.111 e. The average Bonchev–Trinajstić information content (AvgIpc) is 2.51. The Morgan fingerprint density at radius 3 is 2.71 bits per heavy atom. The van der Waals surface area contributed by atoms with Crippen molar-refractivity contribution in [3.63, 3.8) is 0 Å². The molecule has 0 aromatic carbocycles. The van der Waals surface area contributed by atoms with Crippen LogP contribution in [0.4, 0.5) is 0 Å². The van der Waals surface area contributed by atoms with E-state index < -0.39 is 0 Å². The molecule has 0 aliphatic rings. The van der Waals surface area contributed by atoms with Gasteiger partial charge in [0.1, 0.15) is 5.82 Å². The lowest BCUT2D eigenvalue weighted by Crippen LogP contribution is -2.15. The van der Waals surface area contributed by atoms with Crippen molar-refractivity contribution < 1.29 is 0 Å². The van der Waals surface area contributed by atoms with Gasteiger partial charge in [-0.05, 0) is 27.1 Å². The zero-order valence-corrected chi connectivity index (χ0v) is 9.70. The fourth-order valence-electron chi connectivity index (χ4n) is 1.57. The van der Waals surface area contributed by atoms with Crippen molar-refractivity contribution in [2.45, 2.75) is 32.7 Å². The molecular formula is C11H21N3. The van der Waals surface area contributed by atoms with E-state index in [-0.39, 0.29) is 0 Å². The van der Waals surface area contributed by atoms with E-state index >= 15 is 0 Å². The summed E-state index contributed by atoms with van der Waals surface area (Å²) in [7, 11) is 4.22. The molecule has 0 aliphatic carbocycles. The zero-order valence-electron chi connectivity index (χ0n) is 9.70. The van der Waals surface area contributed by atoms with Gasteiger partial charge in [-0.25, -0.2) is 4.98 Å². The van der Waals surface area contributed by atoms with Crippen molar-refractivity contribution in [3.05, 3.63) is 18.2 Å². The predicted octanol–water partition coefficient (Wildman–Crippen LogP) is 1.96. The fraction of sp³-hybridized carbons (Fsp3) is 0.727. The second-order valence-corrected chi connectivity index (χ2v) is 4.29. The van der Waals surface area contributed by atoms with Crippen LogP contribution in [-0.4, -0.2) is 35.1 Å². The number of aryl methyl sites for hydroxylation is 1. The minimum absolute atomic E-state index is 0.518. The largest absolute Gasteiger partial charge is 0.335 e. The molecule has 1 rings (SSSR count). The third-order valence-corrected chi connectivity index (χ3v) is 2.27. The standard InChI is InChI=1S/C11H21N3/c1-10(2)11-12-6-9-14(11)8-5-7-13(3)4/h6,9-10H,5,7-8H2,1-4H3. The molecule has 0 saturated carbocycles. The second kappa shape index (κ2) is 5.15. The summed E-state index contributed by atoms with van der Waals surface area (Å²) in [6.45, 7) is 6.58. The second-order valence-electron chi connectivity index (χ2n) is 4.29. The van der Waals surface area contributed by atoms with E-state index in [1.54, 1.807) is 0 Å². The first-order valence-electron chi connectivity index (χ1n) is 5.27. The Bertz CT molecular complexity index is 263. The Morgan fingerprint density at radius 1 is 1.43 bits per heavy atom. The highest BCUT2D eigenvalue weighted by Crippen LogP contribution is 2.11. The fourth-order valence-corrected chi connectivity index (χ4v) is 1.57. The van der Waals surface area contributed by atoms with Crippen molar-refractivity contribution in [1.29, 1.82) is 0 Å². The number of nitrogens with zero attached hydrogens (tertiary/aromatic N) is 3. The van der Waals surface area contributed by atoms with Gasteiger partial charge in [0.25, 0.3) is 0 Å². The van der Waals surface area contributed by atoms with Crippen LogP contribution in [0.2, 0.25) is 0 Å². The van der Waals surface area contributed by atoms with Crippen molar-refractivity contribution in [2.75, 3.05) is 20.6 Å². The van der Waals surface area contributed by atoms with Gasteiger partial charge in [0.2, 0.25) is 0 Å². The summed E-state index contributed by atoms with van der Waals surface area (Å²) in [5.41, 5.74) is 0. The topological polar surface area (TPSA) is 21.1 Å². The number of hydrogen-bond acceptors (Lipinski definition) is 2. The molecule has 1 aromatic rings. The first-order valence-corrected chi connectivity index (χ1v) is 5.27. The predicted molar refractivity (Wildman–Crippen MR) is 59.5 cm³/mol. The Kier molecular flexibility index (Phi) is 4.14. The number of rotatable bonds is 5. The summed E-state index contributed by atoms with van der Waals surface area (Å²) in [5, 5.41) is 0. The molecule has 0 amide bonds. The number of imidazole rings is 1. The summed E-state index contributed by atoms with van der Waals surface area (Å²) in [6.07, 6.45) is 5.15. The third kappa shape index (κ3) is 3.14. The van der Waals surface area contributed by atoms with E-state index in [0.717, 1.165) is 13.1 Å². The molecule has 3 nitrogen and oxygen atoms in total. The average molecular weight is 195 g/mol. The van der Waals surface area contributed by atoms with E-state index in [0.29, 0.717) is 5.92 Å². The van der Waals surface area contributed by atoms with Gasteiger partial charge >= 0.3 is 0 Å². The number of aromatic nitrogens is 2. The first-order chi connectivity index (χ1) is 6.61. The van der Waals surface area contributed by atoms with Crippen molar-refractivity contribution in [3.8, 4) is 0 Å². The van der Waals surface area contributed by atoms with Gasteiger partial charge in [0, 0.05) is 24.9 Å². The summed E-state index contributed by atoms with van der Waals surface area (Å²) in [4.78, 5) is 6.58. The molecule has 0 unspecified atom stereocenters. The molecule has 80 valence electrons. The van der Waals surface area contributed by atoms with E-state index in [2.05, 4.69) is 48.6 Å². The van der Waals surface area contributed by atoms with E-state index in [1.807, 2.05) is 6.20 Å². The summed E-state index contributed by atoms with van der Waals surface area (Å²) in [5.74, 6) is 1.72. The summed E-state index contributed by atoms with van der Waals surface area (Å²) < 4.78 is 2.26. The van der Waals surface area contributed by atoms with Gasteiger partial charge in [-0.2, -0.15) is 0 Å². The Morgan fingerprint density at radius 2 is 2.14 bits per heavy atom. The van der Waals surface area contributed by atoms with Crippen LogP contribution in [0.25, 0.3) is 0 Å². The molecule has 3 heteroatoms. The Balaban J connectivity index is 2.46. The van der Waals surface area contributed by atoms with E-state index in [9.17, 15) is 0 Å². The molecule has 0 aliphatic heterocycles. The van der Waals surface area contributed by atoms with Crippen LogP contribution in [0.5, 0.6) is 0 Å². The van der Waals surface area contributed by atoms with Crippen molar-refractivity contribution in [1.82, 2.24) is 14.5 Å². The lowest BCUT2D eigenvalue weighted by atomic mass is 10.2. The number of hydrogen-bond donors (Lipinski definition) is 0. The van der Waals surface area contributed by atoms with Crippen molar-refractivity contribution in [2.24, 2.45) is 0 Å². The lowest BCUT2D eigenvalue weighted by Gasteiger charge is -2.12. The van der Waals surface area contributed by atoms with Crippen LogP contribution in [0.1, 0.15) is 32.0 Å². The maximum absolute atomic E-state index is 4.36. The normalized spacial score (nSPS) is 11.6. The van der Waals surface area contributed by atoms with E-state index in [1.165, 1.54) is 12.2 Å². The minimum atomic E-state index is 0.518. The first kappa shape index (κ1) is 11.2. The molecule has 0 N–H and O–H groups in total. The van der Waals surface area contributed by atoms with Crippen LogP contribution in [0, 0.1) is 0 Å². The smallest absolute Gasteiger partial charge is 0.111 e. The highest BCUT2D eigenvalue weighted by Gasteiger charge is 2.06. The Labute approximate surface area is 86.7 Å². The molecule has 0 fully saturated rings. The van der Waals surface area contributed by atoms with Gasteiger partial charge in [-0.1, -0.05) is 13.8 Å². The molecule has 1 aromatic heterocycles. The van der Waals surface area contributed by atoms with E-state index in [4.69, 9.17) is 0 Å². The minimum Gasteiger partial charge on any atom is -0.335 e. The molecule has 0 radical (unpaired) electrons. The van der Waals surface area contributed by atoms with Gasteiger partial charge in [0.15, 0.2) is 0 Å². The van der Waals surface area contributed by atoms with Crippen LogP contribution in [0.3, 0.4) is 0 Å². The highest BCUT2D eigenvalue weighted by molar-refractivity contribution is 4.97. The van der Waals surface area contributed by atoms with Crippen molar-refractivity contribution >= 4 is 0 Å². The molecule has 14 heavy (non-hydrogen) atoms. The molecule has 0 saturated heterocycles. The lowest BCUT2D eigenvalue weighted by molar-refractivity contribution is 0.384. The molecular weight excluding hydrogens is 174 g/mol. The van der Waals surface area contributed by atoms with Gasteiger partial charge in [0.05, 0.1) is 0 Å². The van der Waals surface area contributed by atoms with Crippen LogP contribution >= 0.6 is 0 Å². The Hall–Kier alpha value is -0.830. The van der Waals surface area contributed by atoms with Gasteiger partial charge in [-0.15, -0.1) is 0 Å². The third-order valence-electron chi connectivity index (χ3n) is 2.27. The SMILES string of the molecule is CC(C)c1nccn1CCCN(C)C. The van der Waals surface area contributed by atoms with Crippen LogP contribution in [-0.2, 0) is 6.54 Å². The van der Waals surface area contributed by atoms with Crippen LogP contribution in [0.15, 0.2) is 12.4 Å². The quantitative estimate of drug-likeness (QED) is 0.716. The molecule has 0 atom stereocenters. The van der Waals surface area contributed by atoms with Gasteiger partial charge in [-0.3, -0.25) is 0 Å². The zero-order chi connectivity index (χ0) is 10.6. The van der Waals surface area contributed by atoms with Gasteiger partial charge < -0.3 is 9.47 Å². The molecule has 1 heterocycles. The molecule has 0 bridgehead atoms. The molecule has 0 spiro atoms. The highest BCUT2D eigenvalue weighted by atomic mass is 15.1. The van der Waals surface area contributed by atoms with Crippen LogP contribution < -0.4 is 0 Å².